The zero-order valence-electron chi connectivity index (χ0n) is 10.4. The predicted octanol–water partition coefficient (Wildman–Crippen LogP) is 3.70. The first-order valence-corrected chi connectivity index (χ1v) is 6.47. The van der Waals surface area contributed by atoms with Crippen LogP contribution in [0.4, 0.5) is 24.7 Å². The van der Waals surface area contributed by atoms with Crippen molar-refractivity contribution in [2.24, 2.45) is 0 Å². The summed E-state index contributed by atoms with van der Waals surface area (Å²) in [6, 6.07) is 6.01. The summed E-state index contributed by atoms with van der Waals surface area (Å²) < 4.78 is 39.0. The minimum absolute atomic E-state index is 0.0891. The van der Waals surface area contributed by atoms with Crippen molar-refractivity contribution in [2.45, 2.75) is 6.18 Å². The molecule has 2 rings (SSSR count). The van der Waals surface area contributed by atoms with Crippen LogP contribution in [0.3, 0.4) is 0 Å². The molecule has 0 saturated heterocycles. The lowest BCUT2D eigenvalue weighted by atomic mass is 10.1. The molecule has 0 atom stereocenters. The second-order valence-electron chi connectivity index (χ2n) is 4.10. The number of alkyl halides is 3. The van der Waals surface area contributed by atoms with Crippen molar-refractivity contribution in [2.75, 3.05) is 11.1 Å². The van der Waals surface area contributed by atoms with E-state index >= 15 is 0 Å². The highest BCUT2D eigenvalue weighted by Gasteiger charge is 2.34. The van der Waals surface area contributed by atoms with Gasteiger partial charge >= 0.3 is 6.18 Å². The quantitative estimate of drug-likeness (QED) is 0.858. The number of hydrogen-bond donors (Lipinski definition) is 2. The van der Waals surface area contributed by atoms with Gasteiger partial charge in [0.1, 0.15) is 5.82 Å². The summed E-state index contributed by atoms with van der Waals surface area (Å²) >= 11 is 3.13. The van der Waals surface area contributed by atoms with E-state index in [0.29, 0.717) is 10.2 Å². The van der Waals surface area contributed by atoms with Crippen LogP contribution in [-0.4, -0.2) is 10.9 Å². The molecule has 0 bridgehead atoms. The fraction of sp³-hybridized carbons (Fsp3) is 0.0769. The Bertz CT molecular complexity index is 689. The van der Waals surface area contributed by atoms with Gasteiger partial charge in [0.25, 0.3) is 5.91 Å². The molecule has 0 unspecified atom stereocenters. The molecule has 1 amide bonds. The van der Waals surface area contributed by atoms with Crippen LogP contribution in [0.25, 0.3) is 0 Å². The molecule has 110 valence electrons. The highest BCUT2D eigenvalue weighted by Crippen LogP contribution is 2.32. The van der Waals surface area contributed by atoms with Gasteiger partial charge in [-0.15, -0.1) is 0 Å². The van der Waals surface area contributed by atoms with E-state index in [-0.39, 0.29) is 5.82 Å². The maximum atomic E-state index is 12.9. The number of halogens is 4. The number of amides is 1. The maximum absolute atomic E-state index is 12.9. The molecule has 0 radical (unpaired) electrons. The summed E-state index contributed by atoms with van der Waals surface area (Å²) in [5.74, 6) is -0.813. The number of nitrogens with one attached hydrogen (secondary N) is 1. The van der Waals surface area contributed by atoms with Gasteiger partial charge in [0.15, 0.2) is 0 Å². The number of hydrogen-bond acceptors (Lipinski definition) is 3. The minimum Gasteiger partial charge on any atom is -0.397 e. The standard InChI is InChI=1S/C13H9BrF3N3O/c14-10-5-7(18)6-19-11(10)20-12(21)8-3-1-2-4-9(8)13(15,16)17/h1-6H,18H2,(H,19,20,21). The average molecular weight is 360 g/mol. The average Bonchev–Trinajstić information content (AvgIpc) is 2.41. The first kappa shape index (κ1) is 15.3. The molecule has 0 aliphatic heterocycles. The summed E-state index contributed by atoms with van der Waals surface area (Å²) in [4.78, 5) is 15.9. The van der Waals surface area contributed by atoms with E-state index in [1.165, 1.54) is 24.4 Å². The first-order valence-electron chi connectivity index (χ1n) is 5.67. The summed E-state index contributed by atoms with van der Waals surface area (Å²) in [6.07, 6.45) is -3.32. The minimum atomic E-state index is -4.61. The maximum Gasteiger partial charge on any atom is 0.417 e. The van der Waals surface area contributed by atoms with Gasteiger partial charge in [0.2, 0.25) is 0 Å². The van der Waals surface area contributed by atoms with Gasteiger partial charge in [-0.25, -0.2) is 4.98 Å². The third-order valence-electron chi connectivity index (χ3n) is 2.57. The van der Waals surface area contributed by atoms with Crippen LogP contribution in [0.1, 0.15) is 15.9 Å². The number of anilines is 2. The second kappa shape index (κ2) is 5.72. The van der Waals surface area contributed by atoms with Crippen molar-refractivity contribution in [3.63, 3.8) is 0 Å². The molecule has 3 N–H and O–H groups in total. The van der Waals surface area contributed by atoms with Crippen molar-refractivity contribution in [3.8, 4) is 0 Å². The van der Waals surface area contributed by atoms with E-state index in [1.807, 2.05) is 0 Å². The summed E-state index contributed by atoms with van der Waals surface area (Å²) in [7, 11) is 0. The van der Waals surface area contributed by atoms with Gasteiger partial charge in [0.05, 0.1) is 27.5 Å². The SMILES string of the molecule is Nc1cnc(NC(=O)c2ccccc2C(F)(F)F)c(Br)c1. The highest BCUT2D eigenvalue weighted by molar-refractivity contribution is 9.10. The Morgan fingerprint density at radius 1 is 1.29 bits per heavy atom. The number of carbonyl (C=O) groups excluding carboxylic acids is 1. The van der Waals surface area contributed by atoms with Gasteiger partial charge in [-0.05, 0) is 34.1 Å². The molecule has 1 aromatic heterocycles. The number of benzene rings is 1. The molecule has 0 aliphatic rings. The Morgan fingerprint density at radius 3 is 2.57 bits per heavy atom. The molecule has 0 fully saturated rings. The first-order chi connectivity index (χ1) is 9.79. The normalized spacial score (nSPS) is 11.2. The van der Waals surface area contributed by atoms with Crippen LogP contribution in [-0.2, 0) is 6.18 Å². The molecule has 1 aromatic carbocycles. The fourth-order valence-corrected chi connectivity index (χ4v) is 2.11. The van der Waals surface area contributed by atoms with Crippen molar-refractivity contribution < 1.29 is 18.0 Å². The van der Waals surface area contributed by atoms with E-state index in [0.717, 1.165) is 12.1 Å². The summed E-state index contributed by atoms with van der Waals surface area (Å²) in [5, 5.41) is 2.31. The molecule has 0 spiro atoms. The van der Waals surface area contributed by atoms with Gasteiger partial charge in [-0.1, -0.05) is 12.1 Å². The lowest BCUT2D eigenvalue weighted by Gasteiger charge is -2.13. The highest BCUT2D eigenvalue weighted by atomic mass is 79.9. The summed E-state index contributed by atoms with van der Waals surface area (Å²) in [5.41, 5.74) is 4.37. The Hall–Kier alpha value is -2.09. The predicted molar refractivity (Wildman–Crippen MR) is 75.7 cm³/mol. The monoisotopic (exact) mass is 359 g/mol. The molecular formula is C13H9BrF3N3O. The van der Waals surface area contributed by atoms with E-state index in [2.05, 4.69) is 26.2 Å². The summed E-state index contributed by atoms with van der Waals surface area (Å²) in [6.45, 7) is 0. The van der Waals surface area contributed by atoms with Gasteiger partial charge in [0, 0.05) is 0 Å². The molecule has 1 heterocycles. The van der Waals surface area contributed by atoms with Crippen molar-refractivity contribution in [1.29, 1.82) is 0 Å². The number of nitrogen functional groups attached to an aromatic ring is 1. The van der Waals surface area contributed by atoms with E-state index in [1.54, 1.807) is 0 Å². The molecule has 0 aliphatic carbocycles. The Labute approximate surface area is 126 Å². The third-order valence-corrected chi connectivity index (χ3v) is 3.18. The van der Waals surface area contributed by atoms with Gasteiger partial charge in [-0.2, -0.15) is 13.2 Å². The molecule has 4 nitrogen and oxygen atoms in total. The van der Waals surface area contributed by atoms with Gasteiger partial charge < -0.3 is 11.1 Å². The smallest absolute Gasteiger partial charge is 0.397 e. The van der Waals surface area contributed by atoms with Crippen molar-refractivity contribution >= 4 is 33.3 Å². The van der Waals surface area contributed by atoms with Crippen LogP contribution in [0, 0.1) is 0 Å². The number of nitrogens with zero attached hydrogens (tertiary/aromatic N) is 1. The molecule has 2 aromatic rings. The number of nitrogens with two attached hydrogens (primary N) is 1. The zero-order valence-corrected chi connectivity index (χ0v) is 12.0. The lowest BCUT2D eigenvalue weighted by molar-refractivity contribution is -0.137. The van der Waals surface area contributed by atoms with Crippen LogP contribution in [0.2, 0.25) is 0 Å². The topological polar surface area (TPSA) is 68.0 Å². The van der Waals surface area contributed by atoms with Crippen LogP contribution >= 0.6 is 15.9 Å². The number of pyridine rings is 1. The molecular weight excluding hydrogens is 351 g/mol. The fourth-order valence-electron chi connectivity index (χ4n) is 1.65. The largest absolute Gasteiger partial charge is 0.417 e. The molecule has 21 heavy (non-hydrogen) atoms. The van der Waals surface area contributed by atoms with Crippen LogP contribution < -0.4 is 11.1 Å². The Morgan fingerprint density at radius 2 is 1.95 bits per heavy atom. The lowest BCUT2D eigenvalue weighted by Crippen LogP contribution is -2.19. The van der Waals surface area contributed by atoms with E-state index in [9.17, 15) is 18.0 Å². The number of rotatable bonds is 2. The van der Waals surface area contributed by atoms with Gasteiger partial charge in [-0.3, -0.25) is 4.79 Å². The molecule has 0 saturated carbocycles. The second-order valence-corrected chi connectivity index (χ2v) is 4.95. The van der Waals surface area contributed by atoms with E-state index in [4.69, 9.17) is 5.73 Å². The number of carbonyl (C=O) groups is 1. The van der Waals surface area contributed by atoms with Crippen LogP contribution in [0.5, 0.6) is 0 Å². The third kappa shape index (κ3) is 3.52. The van der Waals surface area contributed by atoms with Crippen LogP contribution in [0.15, 0.2) is 41.0 Å². The zero-order chi connectivity index (χ0) is 15.6. The van der Waals surface area contributed by atoms with E-state index < -0.39 is 23.2 Å². The molecule has 8 heteroatoms. The Balaban J connectivity index is 2.33. The number of aromatic nitrogens is 1. The van der Waals surface area contributed by atoms with Crippen molar-refractivity contribution in [1.82, 2.24) is 4.98 Å². The van der Waals surface area contributed by atoms with Crippen molar-refractivity contribution in [3.05, 3.63) is 52.1 Å². The Kier molecular flexibility index (Phi) is 4.17.